The topological polar surface area (TPSA) is 89.9 Å². The molecule has 47 heavy (non-hydrogen) atoms. The van der Waals surface area contributed by atoms with Crippen LogP contribution in [0, 0.1) is 0 Å². The maximum Gasteiger partial charge on any atom is 0.189 e. The fourth-order valence-corrected chi connectivity index (χ4v) is 9.24. The first kappa shape index (κ1) is 33.3. The van der Waals surface area contributed by atoms with Gasteiger partial charge in [-0.1, -0.05) is 109 Å². The molecule has 0 amide bonds. The van der Waals surface area contributed by atoms with Gasteiger partial charge in [0.1, 0.15) is 47.2 Å². The van der Waals surface area contributed by atoms with E-state index in [2.05, 4.69) is 99.4 Å². The lowest BCUT2D eigenvalue weighted by Gasteiger charge is -2.28. The lowest BCUT2D eigenvalue weighted by molar-refractivity contribution is 0.112. The van der Waals surface area contributed by atoms with Gasteiger partial charge >= 0.3 is 0 Å². The summed E-state index contributed by atoms with van der Waals surface area (Å²) in [5, 5.41) is 20.2. The fourth-order valence-electron chi connectivity index (χ4n) is 5.09. The van der Waals surface area contributed by atoms with Crippen LogP contribution >= 0.6 is 31.7 Å². The van der Waals surface area contributed by atoms with Crippen LogP contribution in [0.2, 0.25) is 0 Å². The van der Waals surface area contributed by atoms with E-state index >= 15 is 0 Å². The van der Waals surface area contributed by atoms with Crippen LogP contribution in [0.3, 0.4) is 0 Å². The van der Waals surface area contributed by atoms with Crippen molar-refractivity contribution in [3.63, 3.8) is 0 Å². The van der Waals surface area contributed by atoms with E-state index in [-0.39, 0.29) is 0 Å². The van der Waals surface area contributed by atoms with Gasteiger partial charge in [-0.25, -0.2) is 0 Å². The van der Waals surface area contributed by atoms with Crippen molar-refractivity contribution in [2.45, 2.75) is 0 Å². The fraction of sp³-hybridized carbons (Fsp3) is 0.0541. The molecule has 0 fully saturated rings. The van der Waals surface area contributed by atoms with E-state index in [0.29, 0.717) is 33.5 Å². The smallest absolute Gasteiger partial charge is 0.189 e. The molecule has 0 saturated carbocycles. The summed E-state index contributed by atoms with van der Waals surface area (Å²) in [6, 6.07) is 48.6. The van der Waals surface area contributed by atoms with Gasteiger partial charge in [0, 0.05) is 23.7 Å². The molecule has 0 aromatic heterocycles. The number of aldehydes is 1. The molecule has 0 aliphatic heterocycles. The summed E-state index contributed by atoms with van der Waals surface area (Å²) in [5.41, 5.74) is 9.09. The van der Waals surface area contributed by atoms with Gasteiger partial charge in [-0.2, -0.15) is 10.2 Å². The number of carbonyl (C=O) groups excluding carboxylic acids is 1. The van der Waals surface area contributed by atoms with Crippen LogP contribution < -0.4 is 37.4 Å². The van der Waals surface area contributed by atoms with Gasteiger partial charge in [-0.3, -0.25) is 15.6 Å². The standard InChI is InChI=1S/C37H33N6OPS2/c1-38-36(46)42-40-35(30-24-22-28(26-44)23-25-30)34(29-14-6-2-7-15-29)41-43-37(47)39-27-45(31-16-8-3-9-17-31,32-18-10-4-11-19-32)33-20-12-5-13-21-33/h2-26H,27H2,1H3,(H3-,38,39,40,41,42,43,44,46,47)/p+1. The van der Waals surface area contributed by atoms with E-state index < -0.39 is 7.26 Å². The molecule has 0 bridgehead atoms. The number of hydrogen-bond donors (Lipinski definition) is 4. The predicted octanol–water partition coefficient (Wildman–Crippen LogP) is 5.12. The predicted molar refractivity (Wildman–Crippen MR) is 205 cm³/mol. The minimum atomic E-state index is -2.18. The molecule has 7 nitrogen and oxygen atoms in total. The first-order valence-corrected chi connectivity index (χ1v) is 17.7. The number of benzene rings is 5. The molecule has 4 N–H and O–H groups in total. The third kappa shape index (κ3) is 8.20. The highest BCUT2D eigenvalue weighted by Gasteiger charge is 2.45. The third-order valence-electron chi connectivity index (χ3n) is 7.42. The first-order chi connectivity index (χ1) is 23.0. The molecule has 10 heteroatoms. The van der Waals surface area contributed by atoms with Crippen molar-refractivity contribution >= 4 is 75.5 Å². The molecular weight excluding hydrogens is 640 g/mol. The molecule has 0 aliphatic rings. The number of rotatable bonds is 11. The van der Waals surface area contributed by atoms with E-state index in [1.54, 1.807) is 19.2 Å². The van der Waals surface area contributed by atoms with Crippen molar-refractivity contribution in [2.24, 2.45) is 10.2 Å². The lowest BCUT2D eigenvalue weighted by atomic mass is 9.99. The molecule has 0 spiro atoms. The second kappa shape index (κ2) is 16.5. The van der Waals surface area contributed by atoms with E-state index in [9.17, 15) is 4.79 Å². The van der Waals surface area contributed by atoms with Crippen molar-refractivity contribution in [3.8, 4) is 0 Å². The molecule has 5 aromatic carbocycles. The zero-order valence-corrected chi connectivity index (χ0v) is 28.2. The zero-order valence-electron chi connectivity index (χ0n) is 25.7. The Morgan fingerprint density at radius 1 is 0.596 bits per heavy atom. The maximum absolute atomic E-state index is 11.4. The number of nitrogens with zero attached hydrogens (tertiary/aromatic N) is 2. The Bertz CT molecular complexity index is 1760. The third-order valence-corrected chi connectivity index (χ3v) is 12.1. The molecular formula is C37H34N6OPS2+. The van der Waals surface area contributed by atoms with Gasteiger partial charge < -0.3 is 10.6 Å². The van der Waals surface area contributed by atoms with Crippen LogP contribution in [0.25, 0.3) is 0 Å². The van der Waals surface area contributed by atoms with Crippen LogP contribution in [-0.4, -0.2) is 41.3 Å². The quantitative estimate of drug-likeness (QED) is 0.0510. The summed E-state index contributed by atoms with van der Waals surface area (Å²) < 4.78 is 0. The zero-order chi connectivity index (χ0) is 32.9. The summed E-state index contributed by atoms with van der Waals surface area (Å²) in [6.45, 7) is 0. The monoisotopic (exact) mass is 673 g/mol. The van der Waals surface area contributed by atoms with Crippen LogP contribution in [-0.2, 0) is 0 Å². The Kier molecular flexibility index (Phi) is 11.7. The van der Waals surface area contributed by atoms with E-state index in [1.165, 1.54) is 15.9 Å². The van der Waals surface area contributed by atoms with E-state index in [4.69, 9.17) is 29.5 Å². The SMILES string of the molecule is CNC(=S)NN=C(C(=NNC(=S)NC[P+](c1ccccc1)(c1ccccc1)c1ccccc1)c1ccccc1)c1ccc(C=O)cc1. The summed E-state index contributed by atoms with van der Waals surface area (Å²) in [4.78, 5) is 11.4. The Morgan fingerprint density at radius 2 is 1.00 bits per heavy atom. The summed E-state index contributed by atoms with van der Waals surface area (Å²) in [5.74, 6) is 0. The van der Waals surface area contributed by atoms with Crippen molar-refractivity contribution in [1.29, 1.82) is 0 Å². The summed E-state index contributed by atoms with van der Waals surface area (Å²) in [6.07, 6.45) is 1.37. The van der Waals surface area contributed by atoms with E-state index in [1.807, 2.05) is 60.7 Å². The van der Waals surface area contributed by atoms with Crippen molar-refractivity contribution in [2.75, 3.05) is 13.3 Å². The molecule has 0 atom stereocenters. The van der Waals surface area contributed by atoms with Gasteiger partial charge in [0.25, 0.3) is 0 Å². The molecule has 0 heterocycles. The Balaban J connectivity index is 1.52. The number of carbonyl (C=O) groups is 1. The highest BCUT2D eigenvalue weighted by molar-refractivity contribution is 7.95. The van der Waals surface area contributed by atoms with E-state index in [0.717, 1.165) is 17.4 Å². The average Bonchev–Trinajstić information content (AvgIpc) is 3.15. The second-order valence-corrected chi connectivity index (χ2v) is 14.6. The molecule has 234 valence electrons. The van der Waals surface area contributed by atoms with Gasteiger partial charge in [0.05, 0.1) is 0 Å². The molecule has 5 aromatic rings. The Labute approximate surface area is 286 Å². The molecule has 0 radical (unpaired) electrons. The Morgan fingerprint density at radius 3 is 1.43 bits per heavy atom. The highest BCUT2D eigenvalue weighted by Crippen LogP contribution is 2.54. The summed E-state index contributed by atoms with van der Waals surface area (Å²) in [7, 11) is -0.471. The molecule has 5 rings (SSSR count). The van der Waals surface area contributed by atoms with Crippen LogP contribution in [0.1, 0.15) is 21.5 Å². The Hall–Kier alpha value is -5.08. The first-order valence-electron chi connectivity index (χ1n) is 14.9. The largest absolute Gasteiger partial charge is 0.364 e. The molecule has 0 aliphatic carbocycles. The highest BCUT2D eigenvalue weighted by atomic mass is 32.1. The molecule has 0 saturated heterocycles. The van der Waals surface area contributed by atoms with Gasteiger partial charge in [0.15, 0.2) is 10.2 Å². The minimum absolute atomic E-state index is 0.340. The van der Waals surface area contributed by atoms with Crippen LogP contribution in [0.4, 0.5) is 0 Å². The number of thiocarbonyl (C=S) groups is 2. The van der Waals surface area contributed by atoms with Crippen molar-refractivity contribution < 1.29 is 4.79 Å². The normalized spacial score (nSPS) is 11.7. The molecule has 0 unspecified atom stereocenters. The van der Waals surface area contributed by atoms with Gasteiger partial charge in [-0.15, -0.1) is 0 Å². The second-order valence-electron chi connectivity index (χ2n) is 10.3. The number of hydrazone groups is 2. The van der Waals surface area contributed by atoms with Crippen molar-refractivity contribution in [3.05, 3.63) is 162 Å². The number of nitrogens with one attached hydrogen (secondary N) is 4. The van der Waals surface area contributed by atoms with Crippen LogP contribution in [0.15, 0.2) is 156 Å². The van der Waals surface area contributed by atoms with Crippen LogP contribution in [0.5, 0.6) is 0 Å². The lowest BCUT2D eigenvalue weighted by Crippen LogP contribution is -2.42. The van der Waals surface area contributed by atoms with Crippen molar-refractivity contribution in [1.82, 2.24) is 21.5 Å². The minimum Gasteiger partial charge on any atom is -0.364 e. The van der Waals surface area contributed by atoms with Gasteiger partial charge in [-0.05, 0) is 60.8 Å². The summed E-state index contributed by atoms with van der Waals surface area (Å²) >= 11 is 11.2. The van der Waals surface area contributed by atoms with Gasteiger partial charge in [0.2, 0.25) is 0 Å². The maximum atomic E-state index is 11.4. The number of hydrogen-bond acceptors (Lipinski definition) is 5. The average molecular weight is 674 g/mol.